The van der Waals surface area contributed by atoms with Crippen LogP contribution in [-0.2, 0) is 11.3 Å². The Labute approximate surface area is 137 Å². The third-order valence-corrected chi connectivity index (χ3v) is 3.90. The summed E-state index contributed by atoms with van der Waals surface area (Å²) in [5.74, 6) is -0.367. The summed E-state index contributed by atoms with van der Waals surface area (Å²) in [6.45, 7) is 3.87. The standard InChI is InChI=1S/C15H15ClN4O3/c1-8-13(15(21)22)18-19-20(8)7-12-9(2)23-14(17-12)10-4-3-5-11(16)6-10/h3-6,14,17H,7H2,1-2H3,(H,21,22). The van der Waals surface area contributed by atoms with Gasteiger partial charge >= 0.3 is 5.97 Å². The second-order valence-corrected chi connectivity index (χ2v) is 5.65. The first-order valence-electron chi connectivity index (χ1n) is 6.97. The molecule has 2 heterocycles. The maximum atomic E-state index is 11.0. The molecule has 0 bridgehead atoms. The van der Waals surface area contributed by atoms with E-state index in [0.29, 0.717) is 17.3 Å². The Morgan fingerprint density at radius 1 is 1.48 bits per heavy atom. The third-order valence-electron chi connectivity index (χ3n) is 3.67. The highest BCUT2D eigenvalue weighted by Gasteiger charge is 2.25. The number of aromatic carboxylic acids is 1. The molecule has 1 aliphatic rings. The summed E-state index contributed by atoms with van der Waals surface area (Å²) >= 11 is 6.00. The van der Waals surface area contributed by atoms with Gasteiger partial charge in [0.2, 0.25) is 0 Å². The van der Waals surface area contributed by atoms with E-state index < -0.39 is 5.97 Å². The number of carboxylic acids is 1. The van der Waals surface area contributed by atoms with Gasteiger partial charge in [0.05, 0.1) is 17.9 Å². The van der Waals surface area contributed by atoms with Crippen molar-refractivity contribution in [2.45, 2.75) is 26.6 Å². The van der Waals surface area contributed by atoms with Crippen LogP contribution in [0.4, 0.5) is 0 Å². The molecule has 23 heavy (non-hydrogen) atoms. The largest absolute Gasteiger partial charge is 0.476 e. The van der Waals surface area contributed by atoms with E-state index in [1.807, 2.05) is 25.1 Å². The lowest BCUT2D eigenvalue weighted by Crippen LogP contribution is -2.19. The number of rotatable bonds is 4. The molecule has 0 radical (unpaired) electrons. The van der Waals surface area contributed by atoms with Crippen LogP contribution in [-0.4, -0.2) is 26.1 Å². The zero-order valence-electron chi connectivity index (χ0n) is 12.6. The molecule has 2 aromatic rings. The average molecular weight is 335 g/mol. The van der Waals surface area contributed by atoms with Gasteiger partial charge in [-0.2, -0.15) is 0 Å². The Hall–Kier alpha value is -2.54. The van der Waals surface area contributed by atoms with E-state index in [-0.39, 0.29) is 11.9 Å². The van der Waals surface area contributed by atoms with E-state index in [1.54, 1.807) is 13.0 Å². The minimum Gasteiger partial charge on any atom is -0.476 e. The Kier molecular flexibility index (Phi) is 3.96. The van der Waals surface area contributed by atoms with Crippen LogP contribution in [0.2, 0.25) is 5.02 Å². The van der Waals surface area contributed by atoms with Crippen molar-refractivity contribution in [3.05, 3.63) is 57.7 Å². The molecule has 8 heteroatoms. The molecule has 120 valence electrons. The molecule has 1 atom stereocenters. The second-order valence-electron chi connectivity index (χ2n) is 5.22. The molecule has 0 spiro atoms. The summed E-state index contributed by atoms with van der Waals surface area (Å²) in [5, 5.41) is 20.5. The summed E-state index contributed by atoms with van der Waals surface area (Å²) in [7, 11) is 0. The molecule has 0 saturated heterocycles. The summed E-state index contributed by atoms with van der Waals surface area (Å²) in [5.41, 5.74) is 2.17. The monoisotopic (exact) mass is 334 g/mol. The topological polar surface area (TPSA) is 89.3 Å². The molecule has 0 fully saturated rings. The number of allylic oxidation sites excluding steroid dienone is 2. The SMILES string of the molecule is CC1=C(Cn2nnc(C(=O)O)c2C)NC(c2cccc(Cl)c2)O1. The number of aromatic nitrogens is 3. The van der Waals surface area contributed by atoms with Crippen LogP contribution < -0.4 is 5.32 Å². The predicted octanol–water partition coefficient (Wildman–Crippen LogP) is 2.49. The van der Waals surface area contributed by atoms with Crippen molar-refractivity contribution in [2.24, 2.45) is 0 Å². The van der Waals surface area contributed by atoms with Crippen LogP contribution in [0.5, 0.6) is 0 Å². The zero-order valence-corrected chi connectivity index (χ0v) is 13.3. The van der Waals surface area contributed by atoms with E-state index in [4.69, 9.17) is 21.4 Å². The summed E-state index contributed by atoms with van der Waals surface area (Å²) in [4.78, 5) is 11.0. The number of halogens is 1. The fourth-order valence-corrected chi connectivity index (χ4v) is 2.57. The lowest BCUT2D eigenvalue weighted by molar-refractivity contribution is 0.0689. The van der Waals surface area contributed by atoms with Crippen molar-refractivity contribution in [3.8, 4) is 0 Å². The molecule has 0 saturated carbocycles. The van der Waals surface area contributed by atoms with Gasteiger partial charge < -0.3 is 15.2 Å². The first-order chi connectivity index (χ1) is 11.0. The molecule has 0 aliphatic carbocycles. The molecule has 1 unspecified atom stereocenters. The minimum atomic E-state index is -1.09. The van der Waals surface area contributed by atoms with Crippen LogP contribution in [0.25, 0.3) is 0 Å². The Bertz CT molecular complexity index is 800. The zero-order chi connectivity index (χ0) is 16.6. The van der Waals surface area contributed by atoms with Crippen molar-refractivity contribution >= 4 is 17.6 Å². The normalized spacial score (nSPS) is 17.1. The molecule has 7 nitrogen and oxygen atoms in total. The van der Waals surface area contributed by atoms with E-state index in [9.17, 15) is 4.79 Å². The van der Waals surface area contributed by atoms with Crippen molar-refractivity contribution in [3.63, 3.8) is 0 Å². The number of nitrogens with zero attached hydrogens (tertiary/aromatic N) is 3. The molecular weight excluding hydrogens is 320 g/mol. The van der Waals surface area contributed by atoms with Gasteiger partial charge in [0.15, 0.2) is 11.9 Å². The number of hydrogen-bond donors (Lipinski definition) is 2. The lowest BCUT2D eigenvalue weighted by Gasteiger charge is -2.13. The predicted molar refractivity (Wildman–Crippen MR) is 82.8 cm³/mol. The van der Waals surface area contributed by atoms with Crippen LogP contribution in [0.15, 0.2) is 35.7 Å². The Morgan fingerprint density at radius 3 is 2.91 bits per heavy atom. The van der Waals surface area contributed by atoms with Crippen molar-refractivity contribution in [1.29, 1.82) is 0 Å². The molecule has 1 aromatic heterocycles. The molecule has 1 aromatic carbocycles. The minimum absolute atomic E-state index is 0.0476. The van der Waals surface area contributed by atoms with Gasteiger partial charge in [-0.1, -0.05) is 28.9 Å². The van der Waals surface area contributed by atoms with Crippen molar-refractivity contribution in [1.82, 2.24) is 20.3 Å². The number of hydrogen-bond acceptors (Lipinski definition) is 5. The molecule has 2 N–H and O–H groups in total. The highest BCUT2D eigenvalue weighted by atomic mass is 35.5. The van der Waals surface area contributed by atoms with E-state index in [2.05, 4.69) is 15.6 Å². The van der Waals surface area contributed by atoms with Crippen LogP contribution in [0, 0.1) is 6.92 Å². The van der Waals surface area contributed by atoms with E-state index >= 15 is 0 Å². The molecule has 0 amide bonds. The van der Waals surface area contributed by atoms with Gasteiger partial charge in [0, 0.05) is 10.6 Å². The quantitative estimate of drug-likeness (QED) is 0.893. The van der Waals surface area contributed by atoms with Crippen LogP contribution >= 0.6 is 11.6 Å². The Morgan fingerprint density at radius 2 is 2.26 bits per heavy atom. The maximum absolute atomic E-state index is 11.0. The van der Waals surface area contributed by atoms with Gasteiger partial charge in [-0.15, -0.1) is 5.10 Å². The van der Waals surface area contributed by atoms with Crippen molar-refractivity contribution in [2.75, 3.05) is 0 Å². The maximum Gasteiger partial charge on any atom is 0.358 e. The fraction of sp³-hybridized carbons (Fsp3) is 0.267. The fourth-order valence-electron chi connectivity index (χ4n) is 2.37. The van der Waals surface area contributed by atoms with Gasteiger partial charge in [-0.25, -0.2) is 9.48 Å². The summed E-state index contributed by atoms with van der Waals surface area (Å²) < 4.78 is 7.34. The van der Waals surface area contributed by atoms with Crippen molar-refractivity contribution < 1.29 is 14.6 Å². The highest BCUT2D eigenvalue weighted by Crippen LogP contribution is 2.28. The molecule has 1 aliphatic heterocycles. The van der Waals surface area contributed by atoms with Crippen LogP contribution in [0.3, 0.4) is 0 Å². The number of nitrogens with one attached hydrogen (secondary N) is 1. The lowest BCUT2D eigenvalue weighted by atomic mass is 10.2. The Balaban J connectivity index is 1.77. The average Bonchev–Trinajstić information content (AvgIpc) is 3.04. The third kappa shape index (κ3) is 3.00. The molecule has 3 rings (SSSR count). The first-order valence-corrected chi connectivity index (χ1v) is 7.35. The van der Waals surface area contributed by atoms with Gasteiger partial charge in [0.25, 0.3) is 0 Å². The summed E-state index contributed by atoms with van der Waals surface area (Å²) in [6, 6.07) is 7.41. The van der Waals surface area contributed by atoms with Gasteiger partial charge in [0.1, 0.15) is 5.76 Å². The van der Waals surface area contributed by atoms with Gasteiger partial charge in [-0.05, 0) is 26.0 Å². The summed E-state index contributed by atoms with van der Waals surface area (Å²) in [6.07, 6.45) is -0.327. The number of carbonyl (C=O) groups is 1. The highest BCUT2D eigenvalue weighted by molar-refractivity contribution is 6.30. The van der Waals surface area contributed by atoms with E-state index in [1.165, 1.54) is 4.68 Å². The first kappa shape index (κ1) is 15.4. The number of benzene rings is 1. The number of ether oxygens (including phenoxy) is 1. The van der Waals surface area contributed by atoms with Crippen LogP contribution in [0.1, 0.15) is 34.9 Å². The van der Waals surface area contributed by atoms with E-state index in [0.717, 1.165) is 17.0 Å². The second kappa shape index (κ2) is 5.92. The smallest absolute Gasteiger partial charge is 0.358 e. The number of carboxylic acid groups (broad SMARTS) is 1. The molecular formula is C15H15ClN4O3. The van der Waals surface area contributed by atoms with Gasteiger partial charge in [-0.3, -0.25) is 0 Å².